The molecule has 2 N–H and O–H groups in total. The van der Waals surface area contributed by atoms with E-state index in [4.69, 9.17) is 5.11 Å². The topological polar surface area (TPSA) is 61.7 Å². The van der Waals surface area contributed by atoms with E-state index in [9.17, 15) is 4.79 Å². The van der Waals surface area contributed by atoms with Crippen molar-refractivity contribution in [2.75, 3.05) is 0 Å². The number of carbonyl (C=O) groups excluding carboxylic acids is 1. The molecule has 0 saturated carbocycles. The third-order valence-electron chi connectivity index (χ3n) is 3.20. The van der Waals surface area contributed by atoms with E-state index in [1.807, 2.05) is 0 Å². The molecule has 1 heterocycles. The molecule has 21 heavy (non-hydrogen) atoms. The number of aromatic hydroxyl groups is 1. The van der Waals surface area contributed by atoms with Gasteiger partial charge in [0, 0.05) is 0 Å². The second-order valence-corrected chi connectivity index (χ2v) is 12.8. The molecule has 1 amide bonds. The summed E-state index contributed by atoms with van der Waals surface area (Å²) in [6, 6.07) is 6.68. The standard InChI is InChI=1S/C15H20N2O2Se2/c18-13-7-5-12(6-8-13)11-16-17-15(19)4-2-1-3-14-9-10-20-21-14/h5-8,11,14,18H,1-4,9-10H2,(H,17,19)/b16-11+. The van der Waals surface area contributed by atoms with E-state index >= 15 is 0 Å². The Kier molecular flexibility index (Phi) is 7.31. The van der Waals surface area contributed by atoms with E-state index in [0.29, 0.717) is 6.42 Å². The molecule has 1 saturated heterocycles. The Balaban J connectivity index is 1.57. The molecule has 1 fully saturated rings. The number of nitrogens with one attached hydrogen (secondary N) is 1. The van der Waals surface area contributed by atoms with Gasteiger partial charge in [-0.2, -0.15) is 0 Å². The van der Waals surface area contributed by atoms with Gasteiger partial charge in [0.25, 0.3) is 0 Å². The molecule has 1 aromatic carbocycles. The number of nitrogens with zero attached hydrogens (tertiary/aromatic N) is 1. The van der Waals surface area contributed by atoms with Gasteiger partial charge < -0.3 is 5.11 Å². The number of amides is 1. The summed E-state index contributed by atoms with van der Waals surface area (Å²) < 4.78 is 0. The fourth-order valence-corrected chi connectivity index (χ4v) is 11.5. The number of rotatable bonds is 7. The zero-order valence-electron chi connectivity index (χ0n) is 11.8. The molecule has 1 atom stereocenters. The van der Waals surface area contributed by atoms with Gasteiger partial charge in [0.1, 0.15) is 5.75 Å². The number of benzene rings is 1. The average Bonchev–Trinajstić information content (AvgIpc) is 2.99. The first-order chi connectivity index (χ1) is 10.2. The Morgan fingerprint density at radius 2 is 2.19 bits per heavy atom. The molecule has 1 aliphatic heterocycles. The van der Waals surface area contributed by atoms with Crippen molar-refractivity contribution in [1.29, 1.82) is 0 Å². The summed E-state index contributed by atoms with van der Waals surface area (Å²) in [4.78, 5) is 12.6. The van der Waals surface area contributed by atoms with Gasteiger partial charge in [-0.05, 0) is 0 Å². The van der Waals surface area contributed by atoms with E-state index in [2.05, 4.69) is 10.5 Å². The minimum absolute atomic E-state index is 0.0221. The fraction of sp³-hybridized carbons (Fsp3) is 0.467. The third-order valence-corrected chi connectivity index (χ3v) is 12.2. The Hall–Kier alpha value is -0.801. The number of phenols is 1. The van der Waals surface area contributed by atoms with Gasteiger partial charge >= 0.3 is 126 Å². The number of hydrogen-bond acceptors (Lipinski definition) is 3. The first-order valence-corrected chi connectivity index (χ1v) is 13.7. The van der Waals surface area contributed by atoms with Gasteiger partial charge in [-0.15, -0.1) is 0 Å². The van der Waals surface area contributed by atoms with E-state index in [0.717, 1.165) is 49.5 Å². The Bertz CT molecular complexity index is 471. The van der Waals surface area contributed by atoms with Crippen LogP contribution in [0.15, 0.2) is 29.4 Å². The van der Waals surface area contributed by atoms with Crippen LogP contribution in [0.1, 0.15) is 37.7 Å². The number of phenolic OH excluding ortho intramolecular Hbond substituents is 1. The summed E-state index contributed by atoms with van der Waals surface area (Å²) >= 11 is 1.88. The Labute approximate surface area is 136 Å². The number of hydrazone groups is 1. The van der Waals surface area contributed by atoms with Crippen molar-refractivity contribution >= 4 is 38.4 Å². The maximum absolute atomic E-state index is 11.6. The van der Waals surface area contributed by atoms with Crippen LogP contribution >= 0.6 is 0 Å². The van der Waals surface area contributed by atoms with Crippen LogP contribution in [-0.4, -0.2) is 43.5 Å². The Morgan fingerprint density at radius 1 is 1.38 bits per heavy atom. The van der Waals surface area contributed by atoms with Crippen LogP contribution in [0.3, 0.4) is 0 Å². The molecule has 2 rings (SSSR count). The number of carbonyl (C=O) groups is 1. The van der Waals surface area contributed by atoms with Crippen LogP contribution in [0, 0.1) is 0 Å². The molecule has 0 radical (unpaired) electrons. The third kappa shape index (κ3) is 6.66. The zero-order valence-corrected chi connectivity index (χ0v) is 15.3. The van der Waals surface area contributed by atoms with E-state index in [-0.39, 0.29) is 11.7 Å². The summed E-state index contributed by atoms with van der Waals surface area (Å²) in [5, 5.41) is 14.6. The minimum atomic E-state index is -0.0221. The van der Waals surface area contributed by atoms with E-state index in [1.54, 1.807) is 30.5 Å². The van der Waals surface area contributed by atoms with Crippen LogP contribution in [0.25, 0.3) is 0 Å². The molecule has 6 heteroatoms. The molecule has 114 valence electrons. The van der Waals surface area contributed by atoms with E-state index < -0.39 is 0 Å². The quantitative estimate of drug-likeness (QED) is 0.309. The molecule has 1 unspecified atom stereocenters. The predicted octanol–water partition coefficient (Wildman–Crippen LogP) is 2.34. The summed E-state index contributed by atoms with van der Waals surface area (Å²) in [5.74, 6) is 0.201. The maximum atomic E-state index is 11.6. The van der Waals surface area contributed by atoms with Gasteiger partial charge in [-0.25, -0.2) is 0 Å². The van der Waals surface area contributed by atoms with Gasteiger partial charge in [0.2, 0.25) is 0 Å². The summed E-state index contributed by atoms with van der Waals surface area (Å²) in [7, 11) is 0. The van der Waals surface area contributed by atoms with Crippen molar-refractivity contribution in [3.05, 3.63) is 29.8 Å². The average molecular weight is 418 g/mol. The van der Waals surface area contributed by atoms with Crippen molar-refractivity contribution in [3.63, 3.8) is 0 Å². The fourth-order valence-electron chi connectivity index (χ4n) is 2.02. The molecule has 4 nitrogen and oxygen atoms in total. The van der Waals surface area contributed by atoms with Gasteiger partial charge in [-0.1, -0.05) is 0 Å². The second kappa shape index (κ2) is 9.26. The van der Waals surface area contributed by atoms with Crippen molar-refractivity contribution in [1.82, 2.24) is 5.43 Å². The summed E-state index contributed by atoms with van der Waals surface area (Å²) in [6.07, 6.45) is 7.00. The molecular formula is C15H20N2O2Se2. The van der Waals surface area contributed by atoms with Crippen molar-refractivity contribution in [2.24, 2.45) is 5.10 Å². The molecule has 0 aromatic heterocycles. The first kappa shape index (κ1) is 16.6. The van der Waals surface area contributed by atoms with E-state index in [1.165, 1.54) is 18.2 Å². The normalized spacial score (nSPS) is 18.2. The molecule has 0 spiro atoms. The van der Waals surface area contributed by atoms with Crippen molar-refractivity contribution in [3.8, 4) is 5.75 Å². The number of hydrogen-bond donors (Lipinski definition) is 2. The monoisotopic (exact) mass is 420 g/mol. The zero-order chi connectivity index (χ0) is 14.9. The summed E-state index contributed by atoms with van der Waals surface area (Å²) in [5.41, 5.74) is 3.39. The molecule has 1 aromatic rings. The number of unbranched alkanes of at least 4 members (excludes halogenated alkanes) is 1. The molecule has 1 aliphatic rings. The molecule has 0 bridgehead atoms. The van der Waals surface area contributed by atoms with Crippen LogP contribution in [-0.2, 0) is 4.79 Å². The van der Waals surface area contributed by atoms with Crippen LogP contribution in [0.5, 0.6) is 5.75 Å². The molecular weight excluding hydrogens is 398 g/mol. The van der Waals surface area contributed by atoms with Crippen LogP contribution in [0.2, 0.25) is 10.1 Å². The van der Waals surface area contributed by atoms with Gasteiger partial charge in [-0.3, -0.25) is 0 Å². The van der Waals surface area contributed by atoms with Crippen LogP contribution < -0.4 is 5.43 Å². The second-order valence-electron chi connectivity index (χ2n) is 4.96. The van der Waals surface area contributed by atoms with Crippen molar-refractivity contribution in [2.45, 2.75) is 42.2 Å². The molecule has 0 aliphatic carbocycles. The Morgan fingerprint density at radius 3 is 2.90 bits per heavy atom. The first-order valence-electron chi connectivity index (χ1n) is 7.13. The van der Waals surface area contributed by atoms with Gasteiger partial charge in [0.05, 0.1) is 0 Å². The van der Waals surface area contributed by atoms with Crippen molar-refractivity contribution < 1.29 is 9.90 Å². The van der Waals surface area contributed by atoms with Gasteiger partial charge in [0.15, 0.2) is 0 Å². The van der Waals surface area contributed by atoms with Crippen LogP contribution in [0.4, 0.5) is 0 Å². The SMILES string of the molecule is O=C(CCCCC1CC[Se][Se]1)N/N=C/c1ccc(O)cc1. The summed E-state index contributed by atoms with van der Waals surface area (Å²) in [6.45, 7) is 0. The predicted molar refractivity (Wildman–Crippen MR) is 87.0 cm³/mol.